The smallest absolute Gasteiger partial charge is 0.261 e. The first-order chi connectivity index (χ1) is 14.2. The zero-order valence-electron chi connectivity index (χ0n) is 17.3. The van der Waals surface area contributed by atoms with Crippen LogP contribution in [0.5, 0.6) is 0 Å². The van der Waals surface area contributed by atoms with Gasteiger partial charge in [-0.3, -0.25) is 9.52 Å². The molecule has 0 saturated heterocycles. The van der Waals surface area contributed by atoms with Gasteiger partial charge in [0, 0.05) is 21.8 Å². The van der Waals surface area contributed by atoms with Gasteiger partial charge < -0.3 is 5.32 Å². The van der Waals surface area contributed by atoms with Crippen LogP contribution in [0.1, 0.15) is 27.0 Å². The van der Waals surface area contributed by atoms with Gasteiger partial charge in [-0.25, -0.2) is 8.42 Å². The molecule has 156 valence electrons. The highest BCUT2D eigenvalue weighted by molar-refractivity contribution is 7.98. The molecule has 3 aromatic carbocycles. The first-order valence-corrected chi connectivity index (χ1v) is 12.1. The Hall–Kier alpha value is -2.77. The van der Waals surface area contributed by atoms with Crippen molar-refractivity contribution in [3.8, 4) is 0 Å². The summed E-state index contributed by atoms with van der Waals surface area (Å²) in [4.78, 5) is 13.8. The molecular weight excluding hydrogens is 416 g/mol. The molecule has 0 unspecified atom stereocenters. The minimum atomic E-state index is -3.70. The van der Waals surface area contributed by atoms with E-state index >= 15 is 0 Å². The minimum Gasteiger partial charge on any atom is -0.322 e. The van der Waals surface area contributed by atoms with Gasteiger partial charge in [0.2, 0.25) is 0 Å². The van der Waals surface area contributed by atoms with Gasteiger partial charge >= 0.3 is 0 Å². The Balaban J connectivity index is 1.73. The lowest BCUT2D eigenvalue weighted by Crippen LogP contribution is -2.15. The average Bonchev–Trinajstić information content (AvgIpc) is 2.71. The second-order valence-corrected chi connectivity index (χ2v) is 9.65. The second kappa shape index (κ2) is 8.93. The molecule has 0 aromatic heterocycles. The van der Waals surface area contributed by atoms with Crippen LogP contribution < -0.4 is 10.0 Å². The van der Waals surface area contributed by atoms with Gasteiger partial charge in [-0.1, -0.05) is 17.7 Å². The van der Waals surface area contributed by atoms with E-state index in [2.05, 4.69) is 10.0 Å². The van der Waals surface area contributed by atoms with E-state index in [1.807, 2.05) is 39.2 Å². The van der Waals surface area contributed by atoms with Gasteiger partial charge in [-0.15, -0.1) is 11.8 Å². The van der Waals surface area contributed by atoms with Crippen molar-refractivity contribution < 1.29 is 13.2 Å². The predicted octanol–water partition coefficient (Wildman–Crippen LogP) is 5.39. The number of sulfonamides is 1. The molecule has 3 rings (SSSR count). The largest absolute Gasteiger partial charge is 0.322 e. The summed E-state index contributed by atoms with van der Waals surface area (Å²) in [5.74, 6) is -0.243. The maximum absolute atomic E-state index is 12.6. The van der Waals surface area contributed by atoms with Gasteiger partial charge in [0.1, 0.15) is 0 Å². The fourth-order valence-corrected chi connectivity index (χ4v) is 4.69. The predicted molar refractivity (Wildman–Crippen MR) is 124 cm³/mol. The molecule has 1 amide bonds. The molecule has 0 aliphatic rings. The average molecular weight is 441 g/mol. The van der Waals surface area contributed by atoms with E-state index in [1.165, 1.54) is 0 Å². The Bertz CT molecular complexity index is 1150. The topological polar surface area (TPSA) is 75.3 Å². The Labute approximate surface area is 182 Å². The summed E-state index contributed by atoms with van der Waals surface area (Å²) in [5, 5.41) is 2.95. The van der Waals surface area contributed by atoms with Crippen molar-refractivity contribution in [3.05, 3.63) is 82.9 Å². The van der Waals surface area contributed by atoms with Crippen molar-refractivity contribution in [2.75, 3.05) is 16.3 Å². The third kappa shape index (κ3) is 5.04. The SMILES string of the molecule is CSc1ccc(S(=O)(=O)Nc2ccc(C(=O)Nc3c(C)cc(C)cc3C)cc2)cc1. The molecule has 5 nitrogen and oxygen atoms in total. The molecule has 7 heteroatoms. The van der Waals surface area contributed by atoms with E-state index < -0.39 is 10.0 Å². The number of hydrogen-bond donors (Lipinski definition) is 2. The van der Waals surface area contributed by atoms with E-state index in [0.29, 0.717) is 11.3 Å². The highest BCUT2D eigenvalue weighted by Gasteiger charge is 2.15. The van der Waals surface area contributed by atoms with E-state index in [1.54, 1.807) is 60.3 Å². The van der Waals surface area contributed by atoms with Crippen LogP contribution in [0.15, 0.2) is 70.5 Å². The second-order valence-electron chi connectivity index (χ2n) is 7.09. The number of thioether (sulfide) groups is 1. The zero-order chi connectivity index (χ0) is 21.9. The van der Waals surface area contributed by atoms with Crippen LogP contribution in [-0.2, 0) is 10.0 Å². The van der Waals surface area contributed by atoms with Crippen LogP contribution >= 0.6 is 11.8 Å². The van der Waals surface area contributed by atoms with Crippen molar-refractivity contribution in [3.63, 3.8) is 0 Å². The molecule has 0 spiro atoms. The molecule has 0 aliphatic carbocycles. The van der Waals surface area contributed by atoms with E-state index in [-0.39, 0.29) is 10.8 Å². The van der Waals surface area contributed by atoms with Crippen molar-refractivity contribution in [2.24, 2.45) is 0 Å². The van der Waals surface area contributed by atoms with Crippen LogP contribution in [-0.4, -0.2) is 20.6 Å². The lowest BCUT2D eigenvalue weighted by atomic mass is 10.0. The summed E-state index contributed by atoms with van der Waals surface area (Å²) in [6.45, 7) is 5.93. The third-order valence-corrected chi connectivity index (χ3v) is 6.83. The lowest BCUT2D eigenvalue weighted by Gasteiger charge is -2.13. The van der Waals surface area contributed by atoms with E-state index in [4.69, 9.17) is 0 Å². The van der Waals surface area contributed by atoms with Crippen LogP contribution in [0, 0.1) is 20.8 Å². The molecule has 0 heterocycles. The number of rotatable bonds is 6. The van der Waals surface area contributed by atoms with Crippen molar-refractivity contribution in [2.45, 2.75) is 30.6 Å². The molecule has 0 bridgehead atoms. The number of carbonyl (C=O) groups excluding carboxylic acids is 1. The number of nitrogens with one attached hydrogen (secondary N) is 2. The lowest BCUT2D eigenvalue weighted by molar-refractivity contribution is 0.102. The molecule has 2 N–H and O–H groups in total. The summed E-state index contributed by atoms with van der Waals surface area (Å²) in [6, 6.07) is 17.1. The summed E-state index contributed by atoms with van der Waals surface area (Å²) < 4.78 is 27.7. The normalized spacial score (nSPS) is 11.2. The number of carbonyl (C=O) groups is 1. The molecule has 0 atom stereocenters. The van der Waals surface area contributed by atoms with Gasteiger partial charge in [0.25, 0.3) is 15.9 Å². The van der Waals surface area contributed by atoms with E-state index in [9.17, 15) is 13.2 Å². The molecule has 30 heavy (non-hydrogen) atoms. The fourth-order valence-electron chi connectivity index (χ4n) is 3.22. The standard InChI is InChI=1S/C23H24N2O3S2/c1-15-13-16(2)22(17(3)14-15)24-23(26)18-5-7-19(8-6-18)25-30(27,28)21-11-9-20(29-4)10-12-21/h5-14,25H,1-4H3,(H,24,26). The molecule has 0 fully saturated rings. The number of anilines is 2. The maximum Gasteiger partial charge on any atom is 0.261 e. The molecule has 0 radical (unpaired) electrons. The Morgan fingerprint density at radius 1 is 0.867 bits per heavy atom. The van der Waals surface area contributed by atoms with Gasteiger partial charge in [-0.05, 0) is 86.7 Å². The van der Waals surface area contributed by atoms with Gasteiger partial charge in [0.05, 0.1) is 4.90 Å². The first-order valence-electron chi connectivity index (χ1n) is 9.36. The summed E-state index contributed by atoms with van der Waals surface area (Å²) in [5.41, 5.74) is 4.77. The van der Waals surface area contributed by atoms with Crippen molar-refractivity contribution in [1.82, 2.24) is 0 Å². The van der Waals surface area contributed by atoms with Crippen LogP contribution in [0.25, 0.3) is 0 Å². The fraction of sp³-hybridized carbons (Fsp3) is 0.174. The highest BCUT2D eigenvalue weighted by atomic mass is 32.2. The molecule has 0 saturated carbocycles. The van der Waals surface area contributed by atoms with Crippen molar-refractivity contribution in [1.29, 1.82) is 0 Å². The summed E-state index contributed by atoms with van der Waals surface area (Å²) in [7, 11) is -3.70. The zero-order valence-corrected chi connectivity index (χ0v) is 18.9. The van der Waals surface area contributed by atoms with Crippen LogP contribution in [0.4, 0.5) is 11.4 Å². The third-order valence-electron chi connectivity index (χ3n) is 4.68. The Morgan fingerprint density at radius 3 is 1.97 bits per heavy atom. The number of aryl methyl sites for hydroxylation is 3. The number of hydrogen-bond acceptors (Lipinski definition) is 4. The summed E-state index contributed by atoms with van der Waals surface area (Å²) in [6.07, 6.45) is 1.93. The Morgan fingerprint density at radius 2 is 1.43 bits per heavy atom. The van der Waals surface area contributed by atoms with Crippen molar-refractivity contribution >= 4 is 39.1 Å². The molecular formula is C23H24N2O3S2. The highest BCUT2D eigenvalue weighted by Crippen LogP contribution is 2.24. The number of benzene rings is 3. The Kier molecular flexibility index (Phi) is 6.53. The first kappa shape index (κ1) is 21.9. The number of amides is 1. The monoisotopic (exact) mass is 440 g/mol. The quantitative estimate of drug-likeness (QED) is 0.504. The van der Waals surface area contributed by atoms with Crippen LogP contribution in [0.2, 0.25) is 0 Å². The molecule has 3 aromatic rings. The maximum atomic E-state index is 12.6. The van der Waals surface area contributed by atoms with Gasteiger partial charge in [0.15, 0.2) is 0 Å². The van der Waals surface area contributed by atoms with Gasteiger partial charge in [-0.2, -0.15) is 0 Å². The molecule has 0 aliphatic heterocycles. The van der Waals surface area contributed by atoms with E-state index in [0.717, 1.165) is 27.3 Å². The summed E-state index contributed by atoms with van der Waals surface area (Å²) >= 11 is 1.55. The minimum absolute atomic E-state index is 0.187. The van der Waals surface area contributed by atoms with Crippen LogP contribution in [0.3, 0.4) is 0 Å².